The predicted octanol–water partition coefficient (Wildman–Crippen LogP) is 3.99. The topological polar surface area (TPSA) is 16.1 Å². The largest absolute Gasteiger partial charge is 0.354 e. The molecule has 0 N–H and O–H groups in total. The zero-order chi connectivity index (χ0) is 12.4. The summed E-state index contributed by atoms with van der Waals surface area (Å²) in [6.07, 6.45) is 3.78. The highest BCUT2D eigenvalue weighted by atomic mass is 79.9. The minimum Gasteiger partial charge on any atom is -0.354 e. The number of benzene rings is 1. The normalized spacial score (nSPS) is 19.6. The van der Waals surface area contributed by atoms with Gasteiger partial charge >= 0.3 is 0 Å². The molecule has 18 heavy (non-hydrogen) atoms. The molecule has 1 unspecified atom stereocenters. The van der Waals surface area contributed by atoms with Crippen LogP contribution in [0.5, 0.6) is 0 Å². The first-order valence-corrected chi connectivity index (χ1v) is 7.69. The highest BCUT2D eigenvalue weighted by Crippen LogP contribution is 2.27. The molecule has 1 aliphatic heterocycles. The molecule has 94 valence electrons. The van der Waals surface area contributed by atoms with Crippen LogP contribution in [-0.2, 0) is 0 Å². The molecule has 0 amide bonds. The zero-order valence-electron chi connectivity index (χ0n) is 10.3. The number of halogens is 1. The number of hydrogen-bond acceptors (Lipinski definition) is 2. The van der Waals surface area contributed by atoms with Gasteiger partial charge in [-0.3, -0.25) is 0 Å². The minimum atomic E-state index is 0.651. The molecule has 1 saturated heterocycles. The van der Waals surface area contributed by atoms with Crippen LogP contribution in [0.15, 0.2) is 36.4 Å². The van der Waals surface area contributed by atoms with E-state index in [-0.39, 0.29) is 0 Å². The lowest BCUT2D eigenvalue weighted by Gasteiger charge is -2.25. The van der Waals surface area contributed by atoms with Crippen molar-refractivity contribution in [2.24, 2.45) is 0 Å². The third-order valence-electron chi connectivity index (χ3n) is 3.70. The Balaban J connectivity index is 1.93. The van der Waals surface area contributed by atoms with Gasteiger partial charge in [-0.1, -0.05) is 34.1 Å². The zero-order valence-corrected chi connectivity index (χ0v) is 11.9. The molecule has 1 aromatic carbocycles. The number of hydrogen-bond donors (Lipinski definition) is 0. The summed E-state index contributed by atoms with van der Waals surface area (Å²) in [6.45, 7) is 1.14. The number of rotatable bonds is 3. The molecule has 2 heterocycles. The Morgan fingerprint density at radius 3 is 3.00 bits per heavy atom. The lowest BCUT2D eigenvalue weighted by Crippen LogP contribution is -2.30. The lowest BCUT2D eigenvalue weighted by atomic mass is 10.1. The van der Waals surface area contributed by atoms with Crippen molar-refractivity contribution in [3.63, 3.8) is 0 Å². The monoisotopic (exact) mass is 304 g/mol. The lowest BCUT2D eigenvalue weighted by molar-refractivity contribution is 0.648. The van der Waals surface area contributed by atoms with E-state index < -0.39 is 0 Å². The molecule has 2 nitrogen and oxygen atoms in total. The van der Waals surface area contributed by atoms with Crippen LogP contribution in [-0.4, -0.2) is 22.9 Å². The van der Waals surface area contributed by atoms with E-state index in [2.05, 4.69) is 57.2 Å². The summed E-state index contributed by atoms with van der Waals surface area (Å²) in [4.78, 5) is 7.27. The van der Waals surface area contributed by atoms with Crippen molar-refractivity contribution in [2.75, 3.05) is 16.8 Å². The molecule has 0 spiro atoms. The SMILES string of the molecule is BrCCC1CCCN1c1ccc2ccccc2n1. The maximum atomic E-state index is 4.80. The Kier molecular flexibility index (Phi) is 3.50. The predicted molar refractivity (Wildman–Crippen MR) is 80.5 cm³/mol. The highest BCUT2D eigenvalue weighted by Gasteiger charge is 2.24. The fourth-order valence-corrected chi connectivity index (χ4v) is 3.31. The van der Waals surface area contributed by atoms with Gasteiger partial charge in [0.1, 0.15) is 5.82 Å². The Hall–Kier alpha value is -1.09. The van der Waals surface area contributed by atoms with Gasteiger partial charge in [-0.2, -0.15) is 0 Å². The third-order valence-corrected chi connectivity index (χ3v) is 4.16. The second-order valence-corrected chi connectivity index (χ2v) is 5.62. The van der Waals surface area contributed by atoms with Crippen molar-refractivity contribution in [1.29, 1.82) is 0 Å². The maximum Gasteiger partial charge on any atom is 0.129 e. The quantitative estimate of drug-likeness (QED) is 0.797. The van der Waals surface area contributed by atoms with Crippen molar-refractivity contribution in [3.05, 3.63) is 36.4 Å². The molecule has 0 saturated carbocycles. The van der Waals surface area contributed by atoms with Gasteiger partial charge in [-0.25, -0.2) is 4.98 Å². The van der Waals surface area contributed by atoms with Gasteiger partial charge in [-0.15, -0.1) is 0 Å². The van der Waals surface area contributed by atoms with Gasteiger partial charge in [0.05, 0.1) is 5.52 Å². The summed E-state index contributed by atoms with van der Waals surface area (Å²) in [6, 6.07) is 13.3. The summed E-state index contributed by atoms with van der Waals surface area (Å²) in [5.41, 5.74) is 1.10. The van der Waals surface area contributed by atoms with E-state index in [9.17, 15) is 0 Å². The van der Waals surface area contributed by atoms with Gasteiger partial charge in [0.25, 0.3) is 0 Å². The molecule has 3 rings (SSSR count). The molecule has 0 aliphatic carbocycles. The molecular weight excluding hydrogens is 288 g/mol. The number of nitrogens with zero attached hydrogens (tertiary/aromatic N) is 2. The van der Waals surface area contributed by atoms with Crippen LogP contribution < -0.4 is 4.90 Å². The fourth-order valence-electron chi connectivity index (χ4n) is 2.78. The molecule has 1 fully saturated rings. The molecular formula is C15H17BrN2. The van der Waals surface area contributed by atoms with Crippen LogP contribution in [0.25, 0.3) is 10.9 Å². The van der Waals surface area contributed by atoms with Crippen LogP contribution in [0.1, 0.15) is 19.3 Å². The summed E-state index contributed by atoms with van der Waals surface area (Å²) in [5, 5.41) is 2.29. The van der Waals surface area contributed by atoms with E-state index in [1.165, 1.54) is 24.6 Å². The molecule has 0 bridgehead atoms. The van der Waals surface area contributed by atoms with Crippen molar-refractivity contribution in [1.82, 2.24) is 4.98 Å². The van der Waals surface area contributed by atoms with Crippen LogP contribution in [0.4, 0.5) is 5.82 Å². The minimum absolute atomic E-state index is 0.651. The van der Waals surface area contributed by atoms with E-state index in [0.717, 1.165) is 23.2 Å². The summed E-state index contributed by atoms with van der Waals surface area (Å²) >= 11 is 3.55. The number of pyridine rings is 1. The van der Waals surface area contributed by atoms with Crippen molar-refractivity contribution in [2.45, 2.75) is 25.3 Å². The van der Waals surface area contributed by atoms with Gasteiger partial charge < -0.3 is 4.90 Å². The smallest absolute Gasteiger partial charge is 0.129 e. The van der Waals surface area contributed by atoms with E-state index in [4.69, 9.17) is 4.98 Å². The van der Waals surface area contributed by atoms with Crippen LogP contribution in [0.3, 0.4) is 0 Å². The summed E-state index contributed by atoms with van der Waals surface area (Å²) in [7, 11) is 0. The van der Waals surface area contributed by atoms with E-state index in [0.29, 0.717) is 6.04 Å². The fraction of sp³-hybridized carbons (Fsp3) is 0.400. The molecule has 1 aromatic heterocycles. The average Bonchev–Trinajstić information content (AvgIpc) is 2.87. The average molecular weight is 305 g/mol. The van der Waals surface area contributed by atoms with Crippen LogP contribution in [0.2, 0.25) is 0 Å². The Morgan fingerprint density at radius 2 is 2.11 bits per heavy atom. The van der Waals surface area contributed by atoms with Crippen LogP contribution >= 0.6 is 15.9 Å². The number of anilines is 1. The summed E-state index contributed by atoms with van der Waals surface area (Å²) < 4.78 is 0. The Morgan fingerprint density at radius 1 is 1.22 bits per heavy atom. The number of para-hydroxylation sites is 1. The van der Waals surface area contributed by atoms with Crippen molar-refractivity contribution >= 4 is 32.7 Å². The molecule has 1 aliphatic rings. The number of fused-ring (bicyclic) bond motifs is 1. The first-order valence-electron chi connectivity index (χ1n) is 6.57. The number of aromatic nitrogens is 1. The van der Waals surface area contributed by atoms with Gasteiger partial charge in [0.2, 0.25) is 0 Å². The van der Waals surface area contributed by atoms with E-state index in [1.54, 1.807) is 0 Å². The first-order chi connectivity index (χ1) is 8.88. The molecule has 3 heteroatoms. The van der Waals surface area contributed by atoms with Gasteiger partial charge in [0, 0.05) is 23.3 Å². The Bertz CT molecular complexity index is 541. The number of alkyl halides is 1. The van der Waals surface area contributed by atoms with Gasteiger partial charge in [-0.05, 0) is 37.5 Å². The standard InChI is InChI=1S/C15H17BrN2/c16-10-9-13-5-3-11-18(13)15-8-7-12-4-1-2-6-14(12)17-15/h1-2,4,6-8,13H,3,5,9-11H2. The third kappa shape index (κ3) is 2.24. The second-order valence-electron chi connectivity index (χ2n) is 4.83. The first kappa shape index (κ1) is 12.0. The van der Waals surface area contributed by atoms with Crippen LogP contribution in [0, 0.1) is 0 Å². The molecule has 1 atom stereocenters. The molecule has 0 radical (unpaired) electrons. The molecule has 2 aromatic rings. The highest BCUT2D eigenvalue weighted by molar-refractivity contribution is 9.09. The maximum absolute atomic E-state index is 4.80. The van der Waals surface area contributed by atoms with Crippen molar-refractivity contribution in [3.8, 4) is 0 Å². The van der Waals surface area contributed by atoms with E-state index >= 15 is 0 Å². The van der Waals surface area contributed by atoms with Gasteiger partial charge in [0.15, 0.2) is 0 Å². The summed E-state index contributed by atoms with van der Waals surface area (Å²) in [5.74, 6) is 1.14. The Labute approximate surface area is 116 Å². The second kappa shape index (κ2) is 5.27. The van der Waals surface area contributed by atoms with Crippen molar-refractivity contribution < 1.29 is 0 Å². The van der Waals surface area contributed by atoms with E-state index in [1.807, 2.05) is 0 Å².